The lowest BCUT2D eigenvalue weighted by molar-refractivity contribution is -2.00. The predicted octanol–water partition coefficient (Wildman–Crippen LogP) is -1.83. The fraction of sp³-hybridized carbons (Fsp3) is 0.0588. The van der Waals surface area contributed by atoms with Crippen molar-refractivity contribution in [3.8, 4) is 11.1 Å². The second-order valence-corrected chi connectivity index (χ2v) is 8.45. The highest BCUT2D eigenvalue weighted by atomic mass is 35.7. The Morgan fingerprint density at radius 3 is 2.24 bits per heavy atom. The van der Waals surface area contributed by atoms with E-state index in [1.165, 1.54) is 12.4 Å². The van der Waals surface area contributed by atoms with Crippen LogP contribution in [-0.4, -0.2) is 13.5 Å². The monoisotopic (exact) mass is 459 g/mol. The van der Waals surface area contributed by atoms with Crippen molar-refractivity contribution in [3.05, 3.63) is 77.6 Å². The van der Waals surface area contributed by atoms with Gasteiger partial charge < -0.3 is 0 Å². The van der Waals surface area contributed by atoms with E-state index in [2.05, 4.69) is 9.93 Å². The third kappa shape index (κ3) is 7.55. The standard InChI is InChI=1S/C17H15ClN3O2S.ClHO4/c1-13-7-8-17(16(11-13)14-5-3-2-4-6-14)24(22,23)20-21-12-15(18)9-10-19-21;2-1(3,4)5/h2-12H,1H3,(H,19,20);(H,2,3,4,5)/q+1;/p-1. The first-order valence-corrected chi connectivity index (χ1v) is 10.9. The molecule has 0 aliphatic heterocycles. The van der Waals surface area contributed by atoms with Crippen LogP contribution < -0.4 is 28.3 Å². The number of sulfonamides is 1. The average molecular weight is 460 g/mol. The van der Waals surface area contributed by atoms with Gasteiger partial charge in [0, 0.05) is 15.5 Å². The van der Waals surface area contributed by atoms with Crippen molar-refractivity contribution < 1.29 is 42.1 Å². The van der Waals surface area contributed by atoms with E-state index in [1.54, 1.807) is 18.2 Å². The molecule has 0 fully saturated rings. The lowest BCUT2D eigenvalue weighted by atomic mass is 10.0. The summed E-state index contributed by atoms with van der Waals surface area (Å²) in [6.45, 7) is 1.92. The lowest BCUT2D eigenvalue weighted by Gasteiger charge is -2.17. The third-order valence-corrected chi connectivity index (χ3v) is 4.98. The Bertz CT molecular complexity index is 1070. The third-order valence-electron chi connectivity index (χ3n) is 3.39. The predicted molar refractivity (Wildman–Crippen MR) is 92.6 cm³/mol. The Kier molecular flexibility index (Phi) is 7.49. The van der Waals surface area contributed by atoms with Crippen LogP contribution in [0.4, 0.5) is 0 Å². The van der Waals surface area contributed by atoms with Gasteiger partial charge in [0.05, 0.1) is 11.1 Å². The zero-order chi connectivity index (χ0) is 21.7. The minimum atomic E-state index is -4.94. The first kappa shape index (κ1) is 23.0. The summed E-state index contributed by atoms with van der Waals surface area (Å²) in [6.07, 6.45) is 2.80. The largest absolute Gasteiger partial charge is 0.309 e. The van der Waals surface area contributed by atoms with E-state index >= 15 is 0 Å². The minimum absolute atomic E-state index is 0.175. The molecule has 0 aliphatic carbocycles. The second-order valence-electron chi connectivity index (χ2n) is 5.63. The van der Waals surface area contributed by atoms with Gasteiger partial charge >= 0.3 is 10.0 Å². The van der Waals surface area contributed by atoms with Crippen LogP contribution in [0.15, 0.2) is 71.9 Å². The molecule has 0 saturated heterocycles. The Balaban J connectivity index is 0.000000537. The van der Waals surface area contributed by atoms with Gasteiger partial charge in [-0.1, -0.05) is 64.5 Å². The van der Waals surface area contributed by atoms with Gasteiger partial charge in [-0.15, -0.1) is 10.2 Å². The summed E-state index contributed by atoms with van der Waals surface area (Å²) in [7, 11) is -8.78. The first-order valence-electron chi connectivity index (χ1n) is 7.80. The maximum absolute atomic E-state index is 12.8. The van der Waals surface area contributed by atoms with Crippen molar-refractivity contribution in [2.75, 3.05) is 4.83 Å². The highest BCUT2D eigenvalue weighted by Gasteiger charge is 2.24. The molecule has 0 saturated carbocycles. The Morgan fingerprint density at radius 1 is 1.03 bits per heavy atom. The van der Waals surface area contributed by atoms with Crippen LogP contribution in [0.25, 0.3) is 11.1 Å². The summed E-state index contributed by atoms with van der Waals surface area (Å²) in [4.78, 5) is 3.65. The molecule has 0 radical (unpaired) electrons. The lowest BCUT2D eigenvalue weighted by Crippen LogP contribution is -2.68. The second kappa shape index (κ2) is 9.46. The summed E-state index contributed by atoms with van der Waals surface area (Å²) in [5.41, 5.74) is 2.43. The van der Waals surface area contributed by atoms with Crippen LogP contribution in [0.1, 0.15) is 5.56 Å². The number of nitrogens with one attached hydrogen (secondary N) is 1. The van der Waals surface area contributed by atoms with Crippen molar-refractivity contribution in [1.29, 1.82) is 0 Å². The van der Waals surface area contributed by atoms with Gasteiger partial charge in [-0.3, -0.25) is 0 Å². The van der Waals surface area contributed by atoms with Gasteiger partial charge in [0.2, 0.25) is 6.20 Å². The molecule has 0 unspecified atom stereocenters. The van der Waals surface area contributed by atoms with E-state index in [0.29, 0.717) is 10.6 Å². The number of benzene rings is 2. The highest BCUT2D eigenvalue weighted by Crippen LogP contribution is 2.28. The topological polar surface area (TPSA) is 155 Å². The molecule has 0 amide bonds. The van der Waals surface area contributed by atoms with Crippen LogP contribution >= 0.6 is 11.6 Å². The van der Waals surface area contributed by atoms with Gasteiger partial charge in [0.25, 0.3) is 0 Å². The molecule has 2 aromatic carbocycles. The number of hydrogen-bond acceptors (Lipinski definition) is 7. The van der Waals surface area contributed by atoms with E-state index < -0.39 is 20.3 Å². The summed E-state index contributed by atoms with van der Waals surface area (Å²) >= 11 is 5.87. The Morgan fingerprint density at radius 2 is 1.66 bits per heavy atom. The molecule has 1 aromatic heterocycles. The molecular formula is C17H15Cl2N3O6S. The van der Waals surface area contributed by atoms with E-state index in [9.17, 15) is 8.42 Å². The van der Waals surface area contributed by atoms with Gasteiger partial charge in [0.1, 0.15) is 5.02 Å². The summed E-state index contributed by atoms with van der Waals surface area (Å²) in [5, 5.41) is 4.29. The first-order chi connectivity index (χ1) is 13.5. The smallest absolute Gasteiger partial charge is 0.222 e. The van der Waals surface area contributed by atoms with Gasteiger partial charge in [0.15, 0.2) is 0 Å². The van der Waals surface area contributed by atoms with Crippen LogP contribution in [-0.2, 0) is 10.0 Å². The molecule has 0 aliphatic rings. The van der Waals surface area contributed by atoms with Crippen LogP contribution in [0.2, 0.25) is 5.02 Å². The zero-order valence-corrected chi connectivity index (χ0v) is 17.2. The van der Waals surface area contributed by atoms with Gasteiger partial charge in [-0.05, 0) is 24.6 Å². The number of aryl methyl sites for hydroxylation is 1. The van der Waals surface area contributed by atoms with Crippen LogP contribution in [0.5, 0.6) is 0 Å². The molecule has 1 heterocycles. The van der Waals surface area contributed by atoms with Crippen molar-refractivity contribution in [3.63, 3.8) is 0 Å². The van der Waals surface area contributed by atoms with Crippen molar-refractivity contribution in [2.24, 2.45) is 0 Å². The number of halogens is 2. The average Bonchev–Trinajstić information content (AvgIpc) is 2.60. The number of nitrogens with zero attached hydrogens (tertiary/aromatic N) is 2. The molecule has 0 bridgehead atoms. The van der Waals surface area contributed by atoms with Crippen LogP contribution in [0, 0.1) is 17.2 Å². The van der Waals surface area contributed by atoms with Gasteiger partial charge in [-0.2, -0.15) is 8.42 Å². The maximum atomic E-state index is 12.8. The normalized spacial score (nSPS) is 11.4. The zero-order valence-electron chi connectivity index (χ0n) is 14.9. The molecule has 1 N–H and O–H groups in total. The van der Waals surface area contributed by atoms with E-state index in [4.69, 9.17) is 30.2 Å². The molecule has 0 atom stereocenters. The molecule has 0 spiro atoms. The summed E-state index contributed by atoms with van der Waals surface area (Å²) in [6, 6.07) is 16.1. The molecular weight excluding hydrogens is 445 g/mol. The van der Waals surface area contributed by atoms with Crippen LogP contribution in [0.3, 0.4) is 0 Å². The molecule has 3 rings (SSSR count). The molecule has 9 nitrogen and oxygen atoms in total. The van der Waals surface area contributed by atoms with Gasteiger partial charge in [-0.25, -0.2) is 18.6 Å². The van der Waals surface area contributed by atoms with E-state index in [1.807, 2.05) is 43.3 Å². The molecule has 29 heavy (non-hydrogen) atoms. The SMILES string of the molecule is Cc1ccc(S(=O)(=O)N[n+]2cc(Cl)ccn2)c(-c2ccccc2)c1.[O-][Cl+3]([O-])([O-])[O-]. The summed E-state index contributed by atoms with van der Waals surface area (Å²) in [5.74, 6) is 0. The fourth-order valence-electron chi connectivity index (χ4n) is 2.31. The Labute approximate surface area is 174 Å². The van der Waals surface area contributed by atoms with Crippen molar-refractivity contribution in [2.45, 2.75) is 11.8 Å². The maximum Gasteiger partial charge on any atom is 0.309 e. The number of hydrogen-bond donors (Lipinski definition) is 1. The Hall–Kier alpha value is -2.31. The molecule has 12 heteroatoms. The molecule has 154 valence electrons. The number of aromatic nitrogens is 2. The fourth-order valence-corrected chi connectivity index (χ4v) is 3.62. The minimum Gasteiger partial charge on any atom is -0.222 e. The van der Waals surface area contributed by atoms with Crippen molar-refractivity contribution in [1.82, 2.24) is 5.10 Å². The number of rotatable bonds is 4. The van der Waals surface area contributed by atoms with E-state index in [-0.39, 0.29) is 4.90 Å². The summed E-state index contributed by atoms with van der Waals surface area (Å²) < 4.78 is 59.6. The quantitative estimate of drug-likeness (QED) is 0.449. The highest BCUT2D eigenvalue weighted by molar-refractivity contribution is 7.92. The van der Waals surface area contributed by atoms with Crippen molar-refractivity contribution >= 4 is 21.6 Å². The van der Waals surface area contributed by atoms with E-state index in [0.717, 1.165) is 15.9 Å². The molecule has 3 aromatic rings.